The quantitative estimate of drug-likeness (QED) is 0.839. The fourth-order valence-corrected chi connectivity index (χ4v) is 2.24. The number of carbonyl (C=O) groups is 1. The predicted molar refractivity (Wildman–Crippen MR) is 80.2 cm³/mol. The summed E-state index contributed by atoms with van der Waals surface area (Å²) < 4.78 is 5.49. The van der Waals surface area contributed by atoms with Crippen molar-refractivity contribution in [1.29, 1.82) is 0 Å². The molecule has 1 aromatic rings. The smallest absolute Gasteiger partial charge is 0.258 e. The molecule has 1 amide bonds. The molecule has 1 aliphatic heterocycles. The number of aryl methyl sites for hydroxylation is 1. The second-order valence-electron chi connectivity index (χ2n) is 4.52. The molecular weight excluding hydrogens is 250 g/mol. The summed E-state index contributed by atoms with van der Waals surface area (Å²) in [7, 11) is 0. The van der Waals surface area contributed by atoms with Gasteiger partial charge in [-0.2, -0.15) is 0 Å². The molecule has 0 saturated carbocycles. The van der Waals surface area contributed by atoms with Crippen LogP contribution < -0.4 is 0 Å². The minimum absolute atomic E-state index is 0.0298. The first-order valence-electron chi connectivity index (χ1n) is 6.74. The van der Waals surface area contributed by atoms with Crippen LogP contribution in [0.3, 0.4) is 0 Å². The average Bonchev–Trinajstić information content (AvgIpc) is 2.53. The Morgan fingerprint density at radius 1 is 1.40 bits per heavy atom. The van der Waals surface area contributed by atoms with Gasteiger partial charge in [0, 0.05) is 5.56 Å². The normalized spacial score (nSPS) is 14.8. The molecule has 0 atom stereocenters. The Morgan fingerprint density at radius 3 is 2.85 bits per heavy atom. The number of amides is 1. The monoisotopic (exact) mass is 269 g/mol. The summed E-state index contributed by atoms with van der Waals surface area (Å²) >= 11 is 0. The van der Waals surface area contributed by atoms with Crippen LogP contribution >= 0.6 is 0 Å². The van der Waals surface area contributed by atoms with Gasteiger partial charge in [-0.3, -0.25) is 4.79 Å². The van der Waals surface area contributed by atoms with E-state index >= 15 is 0 Å². The standard InChI is InChI=1S/C17H19NO2/c1-4-13-8-7-9-14(12-13)17(19)18-10-11-20-16(6-3)15(18)5-2/h5-9,12H,2-4,10-11H2,1H3. The highest BCUT2D eigenvalue weighted by Crippen LogP contribution is 2.21. The molecule has 0 spiro atoms. The van der Waals surface area contributed by atoms with E-state index in [1.54, 1.807) is 17.1 Å². The van der Waals surface area contributed by atoms with Gasteiger partial charge < -0.3 is 9.64 Å². The molecule has 3 heteroatoms. The molecule has 1 aromatic carbocycles. The van der Waals surface area contributed by atoms with Crippen molar-refractivity contribution in [2.24, 2.45) is 0 Å². The van der Waals surface area contributed by atoms with Crippen LogP contribution in [0.1, 0.15) is 22.8 Å². The lowest BCUT2D eigenvalue weighted by atomic mass is 10.1. The van der Waals surface area contributed by atoms with E-state index in [9.17, 15) is 4.79 Å². The lowest BCUT2D eigenvalue weighted by Crippen LogP contribution is -2.36. The second-order valence-corrected chi connectivity index (χ2v) is 4.52. The Morgan fingerprint density at radius 2 is 2.20 bits per heavy atom. The molecule has 3 nitrogen and oxygen atoms in total. The summed E-state index contributed by atoms with van der Waals surface area (Å²) in [4.78, 5) is 14.3. The van der Waals surface area contributed by atoms with Gasteiger partial charge in [-0.1, -0.05) is 32.2 Å². The summed E-state index contributed by atoms with van der Waals surface area (Å²) in [6, 6.07) is 7.71. The van der Waals surface area contributed by atoms with Crippen LogP contribution in [-0.4, -0.2) is 24.0 Å². The van der Waals surface area contributed by atoms with Crippen LogP contribution in [0, 0.1) is 0 Å². The molecule has 1 heterocycles. The van der Waals surface area contributed by atoms with Gasteiger partial charge in [0.25, 0.3) is 5.91 Å². The maximum atomic E-state index is 12.7. The third-order valence-corrected chi connectivity index (χ3v) is 3.32. The zero-order valence-electron chi connectivity index (χ0n) is 11.8. The van der Waals surface area contributed by atoms with Crippen LogP contribution in [-0.2, 0) is 11.2 Å². The molecule has 1 aliphatic rings. The molecular formula is C17H19NO2. The van der Waals surface area contributed by atoms with Crippen molar-refractivity contribution < 1.29 is 9.53 Å². The molecule has 0 bridgehead atoms. The van der Waals surface area contributed by atoms with Crippen molar-refractivity contribution in [2.45, 2.75) is 13.3 Å². The van der Waals surface area contributed by atoms with Crippen LogP contribution in [0.25, 0.3) is 0 Å². The maximum Gasteiger partial charge on any atom is 0.258 e. The van der Waals surface area contributed by atoms with Gasteiger partial charge >= 0.3 is 0 Å². The fourth-order valence-electron chi connectivity index (χ4n) is 2.24. The molecule has 0 saturated heterocycles. The molecule has 0 unspecified atom stereocenters. The third-order valence-electron chi connectivity index (χ3n) is 3.32. The topological polar surface area (TPSA) is 29.5 Å². The van der Waals surface area contributed by atoms with Crippen molar-refractivity contribution in [3.63, 3.8) is 0 Å². The zero-order valence-corrected chi connectivity index (χ0v) is 11.8. The summed E-state index contributed by atoms with van der Waals surface area (Å²) in [6.45, 7) is 10.5. The largest absolute Gasteiger partial charge is 0.490 e. The minimum atomic E-state index is -0.0298. The molecule has 0 aromatic heterocycles. The van der Waals surface area contributed by atoms with E-state index in [1.807, 2.05) is 24.3 Å². The summed E-state index contributed by atoms with van der Waals surface area (Å²) in [6.07, 6.45) is 4.16. The van der Waals surface area contributed by atoms with Crippen molar-refractivity contribution in [1.82, 2.24) is 4.90 Å². The Hall–Kier alpha value is -2.29. The highest BCUT2D eigenvalue weighted by Gasteiger charge is 2.24. The number of allylic oxidation sites excluding steroid dienone is 2. The first kappa shape index (κ1) is 14.1. The van der Waals surface area contributed by atoms with Gasteiger partial charge in [-0.25, -0.2) is 0 Å². The highest BCUT2D eigenvalue weighted by molar-refractivity contribution is 5.96. The van der Waals surface area contributed by atoms with E-state index in [4.69, 9.17) is 4.74 Å². The third kappa shape index (κ3) is 2.67. The van der Waals surface area contributed by atoms with E-state index in [-0.39, 0.29) is 5.91 Å². The van der Waals surface area contributed by atoms with Crippen molar-refractivity contribution >= 4 is 5.91 Å². The van der Waals surface area contributed by atoms with Crippen molar-refractivity contribution in [3.05, 3.63) is 72.2 Å². The molecule has 104 valence electrons. The Labute approximate surface area is 119 Å². The molecule has 2 rings (SSSR count). The highest BCUT2D eigenvalue weighted by atomic mass is 16.5. The average molecular weight is 269 g/mol. The molecule has 0 radical (unpaired) electrons. The Balaban J connectivity index is 2.36. The predicted octanol–water partition coefficient (Wildman–Crippen LogP) is 3.31. The molecule has 0 N–H and O–H groups in total. The Kier molecular flexibility index (Phi) is 4.41. The van der Waals surface area contributed by atoms with Crippen molar-refractivity contribution in [2.75, 3.05) is 13.2 Å². The van der Waals surface area contributed by atoms with Crippen LogP contribution in [0.4, 0.5) is 0 Å². The van der Waals surface area contributed by atoms with Crippen LogP contribution in [0.5, 0.6) is 0 Å². The number of ether oxygens (including phenoxy) is 1. The first-order valence-corrected chi connectivity index (χ1v) is 6.74. The number of benzene rings is 1. The Bertz CT molecular complexity index is 572. The molecule has 0 fully saturated rings. The van der Waals surface area contributed by atoms with E-state index in [1.165, 1.54) is 0 Å². The van der Waals surface area contributed by atoms with Gasteiger partial charge in [-0.05, 0) is 36.3 Å². The van der Waals surface area contributed by atoms with Crippen LogP contribution in [0.15, 0.2) is 61.0 Å². The zero-order chi connectivity index (χ0) is 14.5. The van der Waals surface area contributed by atoms with Crippen molar-refractivity contribution in [3.8, 4) is 0 Å². The summed E-state index contributed by atoms with van der Waals surface area (Å²) in [5.74, 6) is 0.573. The van der Waals surface area contributed by atoms with Gasteiger partial charge in [-0.15, -0.1) is 0 Å². The number of rotatable bonds is 4. The van der Waals surface area contributed by atoms with Gasteiger partial charge in [0.1, 0.15) is 12.4 Å². The number of hydrogen-bond acceptors (Lipinski definition) is 2. The second kappa shape index (κ2) is 6.24. The van der Waals surface area contributed by atoms with Crippen LogP contribution in [0.2, 0.25) is 0 Å². The summed E-state index contributed by atoms with van der Waals surface area (Å²) in [5, 5.41) is 0. The lowest BCUT2D eigenvalue weighted by molar-refractivity contribution is 0.0706. The minimum Gasteiger partial charge on any atom is -0.490 e. The van der Waals surface area contributed by atoms with E-state index in [0.717, 1.165) is 12.0 Å². The van der Waals surface area contributed by atoms with E-state index in [0.29, 0.717) is 30.2 Å². The number of carbonyl (C=O) groups excluding carboxylic acids is 1. The van der Waals surface area contributed by atoms with Gasteiger partial charge in [0.2, 0.25) is 0 Å². The van der Waals surface area contributed by atoms with E-state index < -0.39 is 0 Å². The number of hydrogen-bond donors (Lipinski definition) is 0. The maximum absolute atomic E-state index is 12.7. The number of nitrogens with zero attached hydrogens (tertiary/aromatic N) is 1. The van der Waals surface area contributed by atoms with Gasteiger partial charge in [0.15, 0.2) is 0 Å². The SMILES string of the molecule is C=CC1=C(C=C)N(C(=O)c2cccc(CC)c2)CCO1. The fraction of sp³-hybridized carbons (Fsp3) is 0.235. The summed E-state index contributed by atoms with van der Waals surface area (Å²) in [5.41, 5.74) is 2.52. The molecule has 0 aliphatic carbocycles. The van der Waals surface area contributed by atoms with Gasteiger partial charge in [0.05, 0.1) is 12.2 Å². The van der Waals surface area contributed by atoms with E-state index in [2.05, 4.69) is 20.1 Å². The molecule has 20 heavy (non-hydrogen) atoms. The first-order chi connectivity index (χ1) is 9.71. The lowest BCUT2D eigenvalue weighted by Gasteiger charge is -2.30.